The third-order valence-electron chi connectivity index (χ3n) is 3.62. The molecule has 0 unspecified atom stereocenters. The van der Waals surface area contributed by atoms with Crippen molar-refractivity contribution in [3.63, 3.8) is 0 Å². The highest BCUT2D eigenvalue weighted by atomic mass is 16.5. The second-order valence-electron chi connectivity index (χ2n) is 5.65. The molecule has 1 amide bonds. The third kappa shape index (κ3) is 8.24. The van der Waals surface area contributed by atoms with Gasteiger partial charge in [0.05, 0.1) is 7.11 Å². The van der Waals surface area contributed by atoms with Crippen molar-refractivity contribution in [3.8, 4) is 5.75 Å². The second-order valence-corrected chi connectivity index (χ2v) is 5.65. The number of nitrogens with zero attached hydrogens (tertiary/aromatic N) is 2. The molecule has 1 aromatic rings. The fourth-order valence-electron chi connectivity index (χ4n) is 2.20. The van der Waals surface area contributed by atoms with Crippen molar-refractivity contribution in [1.82, 2.24) is 15.5 Å². The number of carbonyl (C=O) groups is 1. The minimum atomic E-state index is -0.106. The molecule has 0 fully saturated rings. The average Bonchev–Trinajstić information content (AvgIpc) is 2.63. The maximum absolute atomic E-state index is 12.0. The summed E-state index contributed by atoms with van der Waals surface area (Å²) in [5.41, 5.74) is 1.02. The van der Waals surface area contributed by atoms with Gasteiger partial charge < -0.3 is 20.3 Å². The maximum Gasteiger partial charge on any atom is 0.242 e. The first-order chi connectivity index (χ1) is 12.1. The van der Waals surface area contributed by atoms with Gasteiger partial charge in [0.2, 0.25) is 5.91 Å². The summed E-state index contributed by atoms with van der Waals surface area (Å²) in [6.07, 6.45) is 3.88. The number of benzene rings is 1. The minimum Gasteiger partial charge on any atom is -0.497 e. The largest absolute Gasteiger partial charge is 0.497 e. The summed E-state index contributed by atoms with van der Waals surface area (Å²) in [6, 6.07) is 7.61. The van der Waals surface area contributed by atoms with Crippen molar-refractivity contribution >= 4 is 11.9 Å². The Labute approximate surface area is 151 Å². The lowest BCUT2D eigenvalue weighted by Gasteiger charge is -2.21. The number of hydrogen-bond donors (Lipinski definition) is 2. The molecule has 0 aliphatic heterocycles. The number of rotatable bonds is 10. The molecule has 0 aromatic heterocycles. The van der Waals surface area contributed by atoms with E-state index in [1.54, 1.807) is 7.11 Å². The van der Waals surface area contributed by atoms with E-state index in [1.807, 2.05) is 49.2 Å². The summed E-state index contributed by atoms with van der Waals surface area (Å²) in [7, 11) is 3.60. The monoisotopic (exact) mass is 346 g/mol. The zero-order valence-electron chi connectivity index (χ0n) is 15.5. The van der Waals surface area contributed by atoms with E-state index >= 15 is 0 Å². The lowest BCUT2D eigenvalue weighted by Crippen LogP contribution is -2.40. The fourth-order valence-corrected chi connectivity index (χ4v) is 2.20. The van der Waals surface area contributed by atoms with E-state index < -0.39 is 0 Å². The SMILES string of the molecule is C=CCCCN(C)C(=NCC(=O)NCc1ccc(OC)cc1)NCC. The van der Waals surface area contributed by atoms with Gasteiger partial charge in [0.25, 0.3) is 0 Å². The summed E-state index contributed by atoms with van der Waals surface area (Å²) in [5.74, 6) is 1.44. The molecule has 2 N–H and O–H groups in total. The molecule has 0 aliphatic rings. The number of nitrogens with one attached hydrogen (secondary N) is 2. The standard InChI is InChI=1S/C19H30N4O2/c1-5-7-8-13-23(3)19(20-6-2)22-15-18(24)21-14-16-9-11-17(25-4)12-10-16/h5,9-12H,1,6-8,13-15H2,2-4H3,(H,20,22)(H,21,24). The number of methoxy groups -OCH3 is 1. The van der Waals surface area contributed by atoms with Crippen LogP contribution >= 0.6 is 0 Å². The average molecular weight is 346 g/mol. The Balaban J connectivity index is 2.47. The number of carbonyl (C=O) groups excluding carboxylic acids is 1. The van der Waals surface area contributed by atoms with Crippen LogP contribution in [0.2, 0.25) is 0 Å². The predicted molar refractivity (Wildman–Crippen MR) is 103 cm³/mol. The first-order valence-corrected chi connectivity index (χ1v) is 8.60. The van der Waals surface area contributed by atoms with Gasteiger partial charge in [0, 0.05) is 26.7 Å². The Morgan fingerprint density at radius 3 is 2.64 bits per heavy atom. The van der Waals surface area contributed by atoms with E-state index in [2.05, 4.69) is 22.2 Å². The molecule has 0 saturated carbocycles. The molecular weight excluding hydrogens is 316 g/mol. The van der Waals surface area contributed by atoms with Crippen molar-refractivity contribution in [2.75, 3.05) is 33.8 Å². The Morgan fingerprint density at radius 2 is 2.04 bits per heavy atom. The summed E-state index contributed by atoms with van der Waals surface area (Å²) in [4.78, 5) is 18.5. The van der Waals surface area contributed by atoms with Crippen LogP contribution in [0.25, 0.3) is 0 Å². The van der Waals surface area contributed by atoms with Crippen LogP contribution in [0.4, 0.5) is 0 Å². The van der Waals surface area contributed by atoms with Gasteiger partial charge in [-0.15, -0.1) is 6.58 Å². The van der Waals surface area contributed by atoms with E-state index in [1.165, 1.54) is 0 Å². The second kappa shape index (κ2) is 11.9. The topological polar surface area (TPSA) is 66.0 Å². The molecule has 138 valence electrons. The zero-order chi connectivity index (χ0) is 18.5. The Kier molecular flexibility index (Phi) is 9.82. The van der Waals surface area contributed by atoms with Crippen molar-refractivity contribution in [3.05, 3.63) is 42.5 Å². The van der Waals surface area contributed by atoms with Crippen molar-refractivity contribution in [2.24, 2.45) is 4.99 Å². The van der Waals surface area contributed by atoms with Gasteiger partial charge in [-0.25, -0.2) is 4.99 Å². The van der Waals surface area contributed by atoms with Crippen molar-refractivity contribution < 1.29 is 9.53 Å². The van der Waals surface area contributed by atoms with Gasteiger partial charge in [-0.3, -0.25) is 4.79 Å². The highest BCUT2D eigenvalue weighted by molar-refractivity contribution is 5.84. The van der Waals surface area contributed by atoms with E-state index in [0.29, 0.717) is 6.54 Å². The number of aliphatic imine (C=N–C) groups is 1. The van der Waals surface area contributed by atoms with Crippen molar-refractivity contribution in [2.45, 2.75) is 26.3 Å². The van der Waals surface area contributed by atoms with Gasteiger partial charge in [-0.1, -0.05) is 18.2 Å². The maximum atomic E-state index is 12.0. The van der Waals surface area contributed by atoms with Crippen LogP contribution in [-0.4, -0.2) is 50.6 Å². The molecule has 0 heterocycles. The van der Waals surface area contributed by atoms with E-state index in [9.17, 15) is 4.79 Å². The lowest BCUT2D eigenvalue weighted by atomic mass is 10.2. The molecule has 0 aliphatic carbocycles. The number of allylic oxidation sites excluding steroid dienone is 1. The van der Waals surface area contributed by atoms with Gasteiger partial charge in [0.1, 0.15) is 12.3 Å². The Morgan fingerprint density at radius 1 is 1.32 bits per heavy atom. The molecule has 25 heavy (non-hydrogen) atoms. The van der Waals surface area contributed by atoms with Crippen LogP contribution < -0.4 is 15.4 Å². The molecule has 0 bridgehead atoms. The lowest BCUT2D eigenvalue weighted by molar-refractivity contribution is -0.119. The molecule has 6 heteroatoms. The quantitative estimate of drug-likeness (QED) is 0.295. The Bertz CT molecular complexity index is 555. The molecule has 6 nitrogen and oxygen atoms in total. The highest BCUT2D eigenvalue weighted by Crippen LogP contribution is 2.10. The summed E-state index contributed by atoms with van der Waals surface area (Å²) in [5, 5.41) is 6.09. The van der Waals surface area contributed by atoms with Crippen LogP contribution in [0, 0.1) is 0 Å². The molecule has 1 aromatic carbocycles. The van der Waals surface area contributed by atoms with Crippen LogP contribution in [0.5, 0.6) is 5.75 Å². The molecule has 0 spiro atoms. The number of unbranched alkanes of at least 4 members (excludes halogenated alkanes) is 1. The fraction of sp³-hybridized carbons (Fsp3) is 0.474. The highest BCUT2D eigenvalue weighted by Gasteiger charge is 2.07. The summed E-state index contributed by atoms with van der Waals surface area (Å²) in [6.45, 7) is 7.95. The number of guanidine groups is 1. The first-order valence-electron chi connectivity index (χ1n) is 8.60. The van der Waals surface area contributed by atoms with Gasteiger partial charge in [-0.2, -0.15) is 0 Å². The van der Waals surface area contributed by atoms with Crippen LogP contribution in [0.15, 0.2) is 41.9 Å². The van der Waals surface area contributed by atoms with E-state index in [-0.39, 0.29) is 12.5 Å². The molecular formula is C19H30N4O2. The molecule has 0 atom stereocenters. The van der Waals surface area contributed by atoms with Crippen LogP contribution in [-0.2, 0) is 11.3 Å². The van der Waals surface area contributed by atoms with Gasteiger partial charge in [-0.05, 0) is 37.5 Å². The molecule has 0 saturated heterocycles. The summed E-state index contributed by atoms with van der Waals surface area (Å²) < 4.78 is 5.12. The van der Waals surface area contributed by atoms with E-state index in [4.69, 9.17) is 4.74 Å². The third-order valence-corrected chi connectivity index (χ3v) is 3.62. The Hall–Kier alpha value is -2.50. The van der Waals surface area contributed by atoms with Gasteiger partial charge >= 0.3 is 0 Å². The summed E-state index contributed by atoms with van der Waals surface area (Å²) >= 11 is 0. The van der Waals surface area contributed by atoms with Crippen molar-refractivity contribution in [1.29, 1.82) is 0 Å². The number of ether oxygens (including phenoxy) is 1. The van der Waals surface area contributed by atoms with Crippen LogP contribution in [0.3, 0.4) is 0 Å². The first kappa shape index (κ1) is 20.5. The normalized spacial score (nSPS) is 10.9. The van der Waals surface area contributed by atoms with E-state index in [0.717, 1.165) is 43.2 Å². The van der Waals surface area contributed by atoms with Crippen LogP contribution in [0.1, 0.15) is 25.3 Å². The number of hydrogen-bond acceptors (Lipinski definition) is 3. The number of amides is 1. The zero-order valence-corrected chi connectivity index (χ0v) is 15.5. The molecule has 1 rings (SSSR count). The minimum absolute atomic E-state index is 0.101. The molecule has 0 radical (unpaired) electrons. The van der Waals surface area contributed by atoms with Gasteiger partial charge in [0.15, 0.2) is 5.96 Å². The predicted octanol–water partition coefficient (Wildman–Crippen LogP) is 2.17. The smallest absolute Gasteiger partial charge is 0.242 e.